The van der Waals surface area contributed by atoms with Crippen LogP contribution in [0.1, 0.15) is 5.56 Å². The van der Waals surface area contributed by atoms with E-state index in [1.807, 2.05) is 24.3 Å². The van der Waals surface area contributed by atoms with E-state index in [-0.39, 0.29) is 0 Å². The van der Waals surface area contributed by atoms with Crippen molar-refractivity contribution in [1.82, 2.24) is 5.32 Å². The zero-order chi connectivity index (χ0) is 11.1. The molecule has 4 heteroatoms. The first-order chi connectivity index (χ1) is 7.22. The zero-order valence-corrected chi connectivity index (χ0v) is 9.86. The number of nitrogens with one attached hydrogen (secondary N) is 2. The fourth-order valence-corrected chi connectivity index (χ4v) is 1.30. The van der Waals surface area contributed by atoms with E-state index in [4.69, 9.17) is 17.0 Å². The highest BCUT2D eigenvalue weighted by molar-refractivity contribution is 7.80. The number of ether oxygens (including phenoxy) is 1. The van der Waals surface area contributed by atoms with Gasteiger partial charge in [0.05, 0.1) is 6.61 Å². The summed E-state index contributed by atoms with van der Waals surface area (Å²) in [6.45, 7) is 3.42. The van der Waals surface area contributed by atoms with Crippen LogP contribution < -0.4 is 10.6 Å². The number of methoxy groups -OCH3 is 1. The molecular weight excluding hydrogens is 208 g/mol. The molecule has 0 aliphatic carbocycles. The van der Waals surface area contributed by atoms with E-state index < -0.39 is 0 Å². The van der Waals surface area contributed by atoms with Gasteiger partial charge in [0.1, 0.15) is 0 Å². The van der Waals surface area contributed by atoms with E-state index >= 15 is 0 Å². The highest BCUT2D eigenvalue weighted by atomic mass is 32.1. The van der Waals surface area contributed by atoms with Gasteiger partial charge in [-0.3, -0.25) is 0 Å². The lowest BCUT2D eigenvalue weighted by atomic mass is 10.2. The molecule has 82 valence electrons. The summed E-state index contributed by atoms with van der Waals surface area (Å²) < 4.78 is 4.91. The third-order valence-electron chi connectivity index (χ3n) is 1.90. The van der Waals surface area contributed by atoms with Gasteiger partial charge in [-0.2, -0.15) is 0 Å². The van der Waals surface area contributed by atoms with Gasteiger partial charge in [0.25, 0.3) is 0 Å². The molecule has 0 bridgehead atoms. The second-order valence-corrected chi connectivity index (χ2v) is 3.65. The number of rotatable bonds is 4. The molecule has 0 unspecified atom stereocenters. The molecule has 3 nitrogen and oxygen atoms in total. The van der Waals surface area contributed by atoms with Gasteiger partial charge in [-0.25, -0.2) is 0 Å². The highest BCUT2D eigenvalue weighted by Gasteiger charge is 1.95. The summed E-state index contributed by atoms with van der Waals surface area (Å²) in [4.78, 5) is 0. The molecule has 1 aromatic carbocycles. The Labute approximate surface area is 95.8 Å². The van der Waals surface area contributed by atoms with Crippen LogP contribution in [0, 0.1) is 6.92 Å². The predicted octanol–water partition coefficient (Wildman–Crippen LogP) is 1.93. The molecule has 0 aliphatic heterocycles. The molecule has 0 aliphatic rings. The van der Waals surface area contributed by atoms with E-state index in [0.717, 1.165) is 5.69 Å². The summed E-state index contributed by atoms with van der Waals surface area (Å²) in [6, 6.07) is 8.08. The normalized spacial score (nSPS) is 9.73. The largest absolute Gasteiger partial charge is 0.383 e. The van der Waals surface area contributed by atoms with Gasteiger partial charge in [-0.15, -0.1) is 0 Å². The Bertz CT molecular complexity index is 311. The lowest BCUT2D eigenvalue weighted by molar-refractivity contribution is 0.204. The third kappa shape index (κ3) is 4.76. The standard InChI is InChI=1S/C11H16N2OS/c1-9-3-5-10(6-4-9)13-11(15)12-7-8-14-2/h3-6H,7-8H2,1-2H3,(H2,12,13,15). The van der Waals surface area contributed by atoms with Crippen LogP contribution in [-0.4, -0.2) is 25.4 Å². The van der Waals surface area contributed by atoms with Crippen LogP contribution in [0.15, 0.2) is 24.3 Å². The Kier molecular flexibility index (Phi) is 5.07. The Hall–Kier alpha value is -1.13. The van der Waals surface area contributed by atoms with E-state index in [0.29, 0.717) is 18.3 Å². The molecule has 0 spiro atoms. The summed E-state index contributed by atoms with van der Waals surface area (Å²) in [5.41, 5.74) is 2.23. The number of anilines is 1. The SMILES string of the molecule is COCCNC(=S)Nc1ccc(C)cc1. The van der Waals surface area contributed by atoms with E-state index in [9.17, 15) is 0 Å². The van der Waals surface area contributed by atoms with Gasteiger partial charge in [-0.05, 0) is 31.3 Å². The van der Waals surface area contributed by atoms with Crippen LogP contribution in [0.3, 0.4) is 0 Å². The minimum atomic E-state index is 0.621. The van der Waals surface area contributed by atoms with Gasteiger partial charge in [0.15, 0.2) is 5.11 Å². The van der Waals surface area contributed by atoms with Crippen molar-refractivity contribution in [3.05, 3.63) is 29.8 Å². The fourth-order valence-electron chi connectivity index (χ4n) is 1.08. The number of thiocarbonyl (C=S) groups is 1. The van der Waals surface area contributed by atoms with Gasteiger partial charge in [-0.1, -0.05) is 17.7 Å². The second-order valence-electron chi connectivity index (χ2n) is 3.24. The highest BCUT2D eigenvalue weighted by Crippen LogP contribution is 2.07. The maximum absolute atomic E-state index is 5.10. The molecule has 15 heavy (non-hydrogen) atoms. The fraction of sp³-hybridized carbons (Fsp3) is 0.364. The average Bonchev–Trinajstić information content (AvgIpc) is 2.22. The van der Waals surface area contributed by atoms with E-state index in [1.165, 1.54) is 5.56 Å². The van der Waals surface area contributed by atoms with Crippen LogP contribution >= 0.6 is 12.2 Å². The van der Waals surface area contributed by atoms with Crippen LogP contribution in [0.25, 0.3) is 0 Å². The van der Waals surface area contributed by atoms with E-state index in [1.54, 1.807) is 7.11 Å². The first-order valence-electron chi connectivity index (χ1n) is 4.83. The van der Waals surface area contributed by atoms with Gasteiger partial charge < -0.3 is 15.4 Å². The molecule has 1 rings (SSSR count). The lowest BCUT2D eigenvalue weighted by Crippen LogP contribution is -2.31. The molecule has 0 heterocycles. The van der Waals surface area contributed by atoms with Gasteiger partial charge in [0.2, 0.25) is 0 Å². The van der Waals surface area contributed by atoms with Crippen molar-refractivity contribution >= 4 is 23.0 Å². The van der Waals surface area contributed by atoms with E-state index in [2.05, 4.69) is 17.6 Å². The van der Waals surface area contributed by atoms with Crippen molar-refractivity contribution < 1.29 is 4.74 Å². The molecule has 0 amide bonds. The quantitative estimate of drug-likeness (QED) is 0.605. The monoisotopic (exact) mass is 224 g/mol. The summed E-state index contributed by atoms with van der Waals surface area (Å²) >= 11 is 5.10. The summed E-state index contributed by atoms with van der Waals surface area (Å²) in [6.07, 6.45) is 0. The number of hydrogen-bond acceptors (Lipinski definition) is 2. The maximum atomic E-state index is 5.10. The van der Waals surface area contributed by atoms with Crippen LogP contribution in [-0.2, 0) is 4.74 Å². The molecule has 0 radical (unpaired) electrons. The third-order valence-corrected chi connectivity index (χ3v) is 2.15. The van der Waals surface area contributed by atoms with Crippen molar-refractivity contribution in [2.45, 2.75) is 6.92 Å². The minimum Gasteiger partial charge on any atom is -0.383 e. The smallest absolute Gasteiger partial charge is 0.170 e. The predicted molar refractivity (Wildman–Crippen MR) is 67.3 cm³/mol. The maximum Gasteiger partial charge on any atom is 0.170 e. The number of benzene rings is 1. The topological polar surface area (TPSA) is 33.3 Å². The summed E-state index contributed by atoms with van der Waals surface area (Å²) in [5, 5.41) is 6.76. The van der Waals surface area contributed by atoms with Gasteiger partial charge >= 0.3 is 0 Å². The molecular formula is C11H16N2OS. The number of aryl methyl sites for hydroxylation is 1. The van der Waals surface area contributed by atoms with Crippen molar-refractivity contribution in [2.24, 2.45) is 0 Å². The molecule has 2 N–H and O–H groups in total. The molecule has 0 aromatic heterocycles. The Morgan fingerprint density at radius 2 is 2.00 bits per heavy atom. The minimum absolute atomic E-state index is 0.621. The van der Waals surface area contributed by atoms with Crippen LogP contribution in [0.5, 0.6) is 0 Å². The van der Waals surface area contributed by atoms with Crippen molar-refractivity contribution in [2.75, 3.05) is 25.6 Å². The molecule has 0 saturated carbocycles. The average molecular weight is 224 g/mol. The molecule has 0 atom stereocenters. The van der Waals surface area contributed by atoms with Crippen molar-refractivity contribution in [1.29, 1.82) is 0 Å². The van der Waals surface area contributed by atoms with Crippen molar-refractivity contribution in [3.8, 4) is 0 Å². The Balaban J connectivity index is 2.34. The van der Waals surface area contributed by atoms with Crippen molar-refractivity contribution in [3.63, 3.8) is 0 Å². The molecule has 1 aromatic rings. The lowest BCUT2D eigenvalue weighted by Gasteiger charge is -2.09. The first kappa shape index (κ1) is 11.9. The second kappa shape index (κ2) is 6.37. The first-order valence-corrected chi connectivity index (χ1v) is 5.23. The van der Waals surface area contributed by atoms with Gasteiger partial charge in [0, 0.05) is 19.3 Å². The summed E-state index contributed by atoms with van der Waals surface area (Å²) in [7, 11) is 1.66. The molecule has 0 saturated heterocycles. The van der Waals surface area contributed by atoms with Crippen LogP contribution in [0.4, 0.5) is 5.69 Å². The molecule has 0 fully saturated rings. The summed E-state index contributed by atoms with van der Waals surface area (Å²) in [5.74, 6) is 0. The van der Waals surface area contributed by atoms with Crippen LogP contribution in [0.2, 0.25) is 0 Å². The Morgan fingerprint density at radius 3 is 2.60 bits per heavy atom. The number of hydrogen-bond donors (Lipinski definition) is 2. The zero-order valence-electron chi connectivity index (χ0n) is 9.04. The Morgan fingerprint density at radius 1 is 1.33 bits per heavy atom.